The predicted molar refractivity (Wildman–Crippen MR) is 64.3 cm³/mol. The number of pyridine rings is 1. The molecule has 3 rings (SSSR count). The molecule has 3 heterocycles. The molecule has 90 valence electrons. The van der Waals surface area contributed by atoms with E-state index in [2.05, 4.69) is 15.6 Å². The molecule has 1 amide bonds. The van der Waals surface area contributed by atoms with Gasteiger partial charge in [0.1, 0.15) is 0 Å². The first kappa shape index (κ1) is 10.7. The van der Waals surface area contributed by atoms with Gasteiger partial charge in [-0.3, -0.25) is 9.78 Å². The van der Waals surface area contributed by atoms with Crippen LogP contribution in [0, 0.1) is 5.41 Å². The van der Waals surface area contributed by atoms with E-state index < -0.39 is 0 Å². The Morgan fingerprint density at radius 3 is 2.82 bits per heavy atom. The summed E-state index contributed by atoms with van der Waals surface area (Å²) in [4.78, 5) is 16.5. The quantitative estimate of drug-likeness (QED) is 0.758. The number of piperidine rings is 1. The molecule has 4 heteroatoms. The van der Waals surface area contributed by atoms with Crippen molar-refractivity contribution in [1.82, 2.24) is 15.6 Å². The zero-order valence-corrected chi connectivity index (χ0v) is 9.78. The van der Waals surface area contributed by atoms with Crippen molar-refractivity contribution in [3.8, 4) is 0 Å². The lowest BCUT2D eigenvalue weighted by Gasteiger charge is -2.30. The number of hydrogen-bond acceptors (Lipinski definition) is 3. The van der Waals surface area contributed by atoms with Gasteiger partial charge in [-0.2, -0.15) is 0 Å². The van der Waals surface area contributed by atoms with Crippen molar-refractivity contribution in [2.24, 2.45) is 5.41 Å². The summed E-state index contributed by atoms with van der Waals surface area (Å²) in [5.74, 6) is 0.217. The fraction of sp³-hybridized carbons (Fsp3) is 0.538. The Morgan fingerprint density at radius 2 is 2.12 bits per heavy atom. The normalized spacial score (nSPS) is 27.1. The molecular formula is C13H17N3O. The summed E-state index contributed by atoms with van der Waals surface area (Å²) in [5.41, 5.74) is 0.837. The largest absolute Gasteiger partial charge is 0.347 e. The van der Waals surface area contributed by atoms with Crippen LogP contribution in [0.5, 0.6) is 0 Å². The highest BCUT2D eigenvalue weighted by molar-refractivity contribution is 5.85. The van der Waals surface area contributed by atoms with Crippen LogP contribution in [-0.4, -0.2) is 24.0 Å². The zero-order chi connectivity index (χ0) is 11.7. The minimum atomic E-state index is -0.145. The smallest absolute Gasteiger partial charge is 0.226 e. The molecule has 1 spiro atoms. The van der Waals surface area contributed by atoms with Gasteiger partial charge in [0, 0.05) is 6.20 Å². The van der Waals surface area contributed by atoms with Gasteiger partial charge in [0.05, 0.1) is 17.2 Å². The van der Waals surface area contributed by atoms with Gasteiger partial charge < -0.3 is 10.6 Å². The summed E-state index contributed by atoms with van der Waals surface area (Å²) in [6.45, 7) is 1.89. The van der Waals surface area contributed by atoms with Crippen molar-refractivity contribution in [1.29, 1.82) is 0 Å². The molecule has 2 aliphatic rings. The van der Waals surface area contributed by atoms with Crippen molar-refractivity contribution in [2.45, 2.75) is 25.3 Å². The van der Waals surface area contributed by atoms with Crippen LogP contribution in [0.2, 0.25) is 0 Å². The van der Waals surface area contributed by atoms with Gasteiger partial charge in [0.25, 0.3) is 0 Å². The number of amides is 1. The molecule has 0 saturated carbocycles. The molecule has 0 radical (unpaired) electrons. The van der Waals surface area contributed by atoms with E-state index in [0.29, 0.717) is 0 Å². The first-order valence-corrected chi connectivity index (χ1v) is 6.23. The maximum atomic E-state index is 12.2. The Labute approximate surface area is 101 Å². The number of nitrogens with zero attached hydrogens (tertiary/aromatic N) is 1. The second-order valence-corrected chi connectivity index (χ2v) is 5.02. The third-order valence-electron chi connectivity index (χ3n) is 3.99. The van der Waals surface area contributed by atoms with Crippen LogP contribution in [0.25, 0.3) is 0 Å². The van der Waals surface area contributed by atoms with Gasteiger partial charge in [0.15, 0.2) is 0 Å². The minimum absolute atomic E-state index is 0.0989. The highest BCUT2D eigenvalue weighted by Crippen LogP contribution is 2.43. The summed E-state index contributed by atoms with van der Waals surface area (Å²) in [7, 11) is 0. The summed E-state index contributed by atoms with van der Waals surface area (Å²) < 4.78 is 0. The zero-order valence-electron chi connectivity index (χ0n) is 9.78. The van der Waals surface area contributed by atoms with Crippen LogP contribution in [0.1, 0.15) is 31.0 Å². The van der Waals surface area contributed by atoms with E-state index >= 15 is 0 Å². The summed E-state index contributed by atoms with van der Waals surface area (Å²) in [5, 5.41) is 6.42. The van der Waals surface area contributed by atoms with E-state index in [1.807, 2.05) is 18.2 Å². The topological polar surface area (TPSA) is 54.0 Å². The highest BCUT2D eigenvalue weighted by Gasteiger charge is 2.47. The fourth-order valence-electron chi connectivity index (χ4n) is 2.94. The van der Waals surface area contributed by atoms with E-state index in [-0.39, 0.29) is 17.4 Å². The molecule has 0 aliphatic carbocycles. The second kappa shape index (κ2) is 4.11. The van der Waals surface area contributed by atoms with Gasteiger partial charge >= 0.3 is 0 Å². The lowest BCUT2D eigenvalue weighted by Crippen LogP contribution is -2.41. The Kier molecular flexibility index (Phi) is 2.59. The molecule has 1 unspecified atom stereocenters. The highest BCUT2D eigenvalue weighted by atomic mass is 16.2. The molecule has 0 aromatic carbocycles. The molecule has 1 aromatic rings. The minimum Gasteiger partial charge on any atom is -0.347 e. The SMILES string of the molecule is O=C1NC(c2ccccn2)CC12CCNCC2. The van der Waals surface area contributed by atoms with E-state index in [9.17, 15) is 4.79 Å². The average Bonchev–Trinajstić information content (AvgIpc) is 2.69. The number of nitrogens with one attached hydrogen (secondary N) is 2. The Morgan fingerprint density at radius 1 is 1.29 bits per heavy atom. The molecule has 1 aromatic heterocycles. The number of aromatic nitrogens is 1. The molecule has 2 N–H and O–H groups in total. The van der Waals surface area contributed by atoms with Crippen LogP contribution in [0.15, 0.2) is 24.4 Å². The first-order valence-electron chi connectivity index (χ1n) is 6.23. The standard InChI is InChI=1S/C13H17N3O/c17-12-13(4-7-14-8-5-13)9-11(16-12)10-3-1-2-6-15-10/h1-3,6,11,14H,4-5,7-9H2,(H,16,17). The van der Waals surface area contributed by atoms with E-state index in [4.69, 9.17) is 0 Å². The van der Waals surface area contributed by atoms with Crippen LogP contribution in [0.4, 0.5) is 0 Å². The maximum absolute atomic E-state index is 12.2. The Bertz CT molecular complexity index is 412. The predicted octanol–water partition coefficient (Wildman–Crippen LogP) is 1.01. The molecular weight excluding hydrogens is 214 g/mol. The van der Waals surface area contributed by atoms with Gasteiger partial charge in [-0.05, 0) is 44.5 Å². The molecule has 2 saturated heterocycles. The monoisotopic (exact) mass is 231 g/mol. The molecule has 2 aliphatic heterocycles. The number of rotatable bonds is 1. The van der Waals surface area contributed by atoms with E-state index in [1.165, 1.54) is 0 Å². The van der Waals surface area contributed by atoms with Crippen LogP contribution in [0.3, 0.4) is 0 Å². The van der Waals surface area contributed by atoms with Crippen LogP contribution in [-0.2, 0) is 4.79 Å². The maximum Gasteiger partial charge on any atom is 0.226 e. The van der Waals surface area contributed by atoms with E-state index in [0.717, 1.165) is 38.0 Å². The van der Waals surface area contributed by atoms with Gasteiger partial charge in [0.2, 0.25) is 5.91 Å². The van der Waals surface area contributed by atoms with Crippen molar-refractivity contribution in [3.05, 3.63) is 30.1 Å². The average molecular weight is 231 g/mol. The van der Waals surface area contributed by atoms with Crippen molar-refractivity contribution >= 4 is 5.91 Å². The summed E-state index contributed by atoms with van der Waals surface area (Å²) in [6.07, 6.45) is 4.57. The first-order chi connectivity index (χ1) is 8.30. The fourth-order valence-corrected chi connectivity index (χ4v) is 2.94. The van der Waals surface area contributed by atoms with Gasteiger partial charge in [-0.15, -0.1) is 0 Å². The number of carbonyl (C=O) groups excluding carboxylic acids is 1. The molecule has 2 fully saturated rings. The Balaban J connectivity index is 1.82. The molecule has 1 atom stereocenters. The van der Waals surface area contributed by atoms with Gasteiger partial charge in [-0.25, -0.2) is 0 Å². The summed E-state index contributed by atoms with van der Waals surface area (Å²) in [6, 6.07) is 5.97. The van der Waals surface area contributed by atoms with Crippen molar-refractivity contribution in [2.75, 3.05) is 13.1 Å². The number of hydrogen-bond donors (Lipinski definition) is 2. The van der Waals surface area contributed by atoms with Crippen LogP contribution < -0.4 is 10.6 Å². The third kappa shape index (κ3) is 1.82. The van der Waals surface area contributed by atoms with Crippen molar-refractivity contribution < 1.29 is 4.79 Å². The van der Waals surface area contributed by atoms with Gasteiger partial charge in [-0.1, -0.05) is 6.07 Å². The summed E-state index contributed by atoms with van der Waals surface area (Å²) >= 11 is 0. The number of carbonyl (C=O) groups is 1. The third-order valence-corrected chi connectivity index (χ3v) is 3.99. The lowest BCUT2D eigenvalue weighted by molar-refractivity contribution is -0.128. The van der Waals surface area contributed by atoms with Crippen LogP contribution >= 0.6 is 0 Å². The second-order valence-electron chi connectivity index (χ2n) is 5.02. The lowest BCUT2D eigenvalue weighted by atomic mass is 9.76. The molecule has 4 nitrogen and oxygen atoms in total. The molecule has 0 bridgehead atoms. The molecule has 17 heavy (non-hydrogen) atoms. The Hall–Kier alpha value is -1.42. The van der Waals surface area contributed by atoms with E-state index in [1.54, 1.807) is 6.20 Å². The van der Waals surface area contributed by atoms with Crippen molar-refractivity contribution in [3.63, 3.8) is 0 Å².